The molecule has 0 saturated carbocycles. The molecule has 0 radical (unpaired) electrons. The Hall–Kier alpha value is -1.83. The molecule has 1 amide bonds. The van der Waals surface area contributed by atoms with Gasteiger partial charge in [-0.15, -0.1) is 0 Å². The standard InChI is InChI=1S/C15H21F3N2O3/c1-10(21)6-14(2,3)9-19-12(22)8-20-7-11(15(16,17)18)4-5-13(20)23/h4-5,7,10,21H,6,8-9H2,1-3H3,(H,19,22). The minimum atomic E-state index is -4.58. The lowest BCUT2D eigenvalue weighted by Gasteiger charge is -2.26. The van der Waals surface area contributed by atoms with Gasteiger partial charge in [0, 0.05) is 18.8 Å². The van der Waals surface area contributed by atoms with Crippen LogP contribution in [0.1, 0.15) is 32.8 Å². The van der Waals surface area contributed by atoms with Crippen molar-refractivity contribution in [2.24, 2.45) is 5.41 Å². The van der Waals surface area contributed by atoms with E-state index in [2.05, 4.69) is 5.32 Å². The smallest absolute Gasteiger partial charge is 0.393 e. The summed E-state index contributed by atoms with van der Waals surface area (Å²) in [5, 5.41) is 11.9. The molecule has 0 aromatic carbocycles. The molecule has 1 atom stereocenters. The summed E-state index contributed by atoms with van der Waals surface area (Å²) in [5.41, 5.74) is -2.04. The van der Waals surface area contributed by atoms with Crippen molar-refractivity contribution in [1.82, 2.24) is 9.88 Å². The molecule has 130 valence electrons. The normalized spacial score (nSPS) is 13.7. The fourth-order valence-corrected chi connectivity index (χ4v) is 2.24. The number of alkyl halides is 3. The van der Waals surface area contributed by atoms with Crippen molar-refractivity contribution in [1.29, 1.82) is 0 Å². The third-order valence-electron chi connectivity index (χ3n) is 3.24. The summed E-state index contributed by atoms with van der Waals surface area (Å²) in [5.74, 6) is -0.565. The van der Waals surface area contributed by atoms with Crippen LogP contribution in [0.4, 0.5) is 13.2 Å². The third kappa shape index (κ3) is 6.43. The first kappa shape index (κ1) is 19.2. The summed E-state index contributed by atoms with van der Waals surface area (Å²) in [6, 6.07) is 1.47. The number of aliphatic hydroxyl groups is 1. The van der Waals surface area contributed by atoms with Gasteiger partial charge >= 0.3 is 6.18 Å². The zero-order chi connectivity index (χ0) is 17.8. The van der Waals surface area contributed by atoms with E-state index < -0.39 is 35.9 Å². The zero-order valence-corrected chi connectivity index (χ0v) is 13.3. The number of hydrogen-bond acceptors (Lipinski definition) is 3. The molecule has 1 heterocycles. The number of amides is 1. The van der Waals surface area contributed by atoms with Gasteiger partial charge in [0.25, 0.3) is 5.56 Å². The summed E-state index contributed by atoms with van der Waals surface area (Å²) in [6.45, 7) is 5.07. The predicted octanol–water partition coefficient (Wildman–Crippen LogP) is 1.78. The highest BCUT2D eigenvalue weighted by Crippen LogP contribution is 2.28. The zero-order valence-electron chi connectivity index (χ0n) is 13.3. The molecule has 0 spiro atoms. The van der Waals surface area contributed by atoms with E-state index in [1.165, 1.54) is 0 Å². The van der Waals surface area contributed by atoms with Crippen LogP contribution >= 0.6 is 0 Å². The van der Waals surface area contributed by atoms with Crippen LogP contribution in [0.2, 0.25) is 0 Å². The lowest BCUT2D eigenvalue weighted by atomic mass is 9.87. The van der Waals surface area contributed by atoms with E-state index in [4.69, 9.17) is 0 Å². The van der Waals surface area contributed by atoms with Gasteiger partial charge < -0.3 is 15.0 Å². The molecule has 1 aromatic heterocycles. The Balaban J connectivity index is 2.73. The summed E-state index contributed by atoms with van der Waals surface area (Å²) >= 11 is 0. The Morgan fingerprint density at radius 3 is 2.48 bits per heavy atom. The summed E-state index contributed by atoms with van der Waals surface area (Å²) in [6.07, 6.45) is -4.03. The maximum absolute atomic E-state index is 12.6. The van der Waals surface area contributed by atoms with Crippen molar-refractivity contribution in [3.63, 3.8) is 0 Å². The van der Waals surface area contributed by atoms with E-state index in [9.17, 15) is 27.9 Å². The highest BCUT2D eigenvalue weighted by Gasteiger charge is 2.31. The fraction of sp³-hybridized carbons (Fsp3) is 0.600. The van der Waals surface area contributed by atoms with Crippen molar-refractivity contribution in [3.05, 3.63) is 34.2 Å². The highest BCUT2D eigenvalue weighted by molar-refractivity contribution is 5.75. The second kappa shape index (κ2) is 7.16. The molecule has 0 saturated heterocycles. The van der Waals surface area contributed by atoms with Crippen molar-refractivity contribution >= 4 is 5.91 Å². The SMILES string of the molecule is CC(O)CC(C)(C)CNC(=O)Cn1cc(C(F)(F)F)ccc1=O. The topological polar surface area (TPSA) is 71.3 Å². The molecular weight excluding hydrogens is 313 g/mol. The number of nitrogens with zero attached hydrogens (tertiary/aromatic N) is 1. The molecule has 1 unspecified atom stereocenters. The average molecular weight is 334 g/mol. The number of nitrogens with one attached hydrogen (secondary N) is 1. The van der Waals surface area contributed by atoms with Crippen molar-refractivity contribution in [3.8, 4) is 0 Å². The number of hydrogen-bond donors (Lipinski definition) is 2. The monoisotopic (exact) mass is 334 g/mol. The Bertz CT molecular complexity index is 607. The molecule has 8 heteroatoms. The molecule has 0 aliphatic heterocycles. The van der Waals surface area contributed by atoms with Crippen LogP contribution < -0.4 is 10.9 Å². The number of pyridine rings is 1. The molecule has 5 nitrogen and oxygen atoms in total. The van der Waals surface area contributed by atoms with Crippen molar-refractivity contribution in [2.45, 2.75) is 46.0 Å². The Labute approximate surface area is 132 Å². The Morgan fingerprint density at radius 2 is 1.96 bits per heavy atom. The number of aliphatic hydroxyl groups excluding tert-OH is 1. The number of halogens is 3. The largest absolute Gasteiger partial charge is 0.417 e. The van der Waals surface area contributed by atoms with Gasteiger partial charge in [-0.05, 0) is 24.8 Å². The second-order valence-corrected chi connectivity index (χ2v) is 6.38. The Kier molecular flexibility index (Phi) is 5.98. The highest BCUT2D eigenvalue weighted by atomic mass is 19.4. The van der Waals surface area contributed by atoms with E-state index in [-0.39, 0.29) is 12.0 Å². The summed E-state index contributed by atoms with van der Waals surface area (Å²) in [4.78, 5) is 23.4. The van der Waals surface area contributed by atoms with Crippen molar-refractivity contribution in [2.75, 3.05) is 6.54 Å². The number of rotatable bonds is 6. The minimum Gasteiger partial charge on any atom is -0.393 e. The molecule has 0 fully saturated rings. The average Bonchev–Trinajstić information content (AvgIpc) is 2.36. The number of carbonyl (C=O) groups is 1. The molecule has 1 rings (SSSR count). The molecule has 1 aromatic rings. The van der Waals surface area contributed by atoms with Gasteiger partial charge in [-0.2, -0.15) is 13.2 Å². The van der Waals surface area contributed by atoms with Crippen molar-refractivity contribution < 1.29 is 23.1 Å². The van der Waals surface area contributed by atoms with Gasteiger partial charge in [-0.1, -0.05) is 13.8 Å². The predicted molar refractivity (Wildman–Crippen MR) is 78.8 cm³/mol. The lowest BCUT2D eigenvalue weighted by Crippen LogP contribution is -2.38. The van der Waals surface area contributed by atoms with Crippen LogP contribution in [-0.4, -0.2) is 28.2 Å². The van der Waals surface area contributed by atoms with E-state index in [1.54, 1.807) is 6.92 Å². The van der Waals surface area contributed by atoms with Gasteiger partial charge in [0.15, 0.2) is 0 Å². The van der Waals surface area contributed by atoms with Gasteiger partial charge in [-0.25, -0.2) is 0 Å². The molecule has 0 aliphatic carbocycles. The molecular formula is C15H21F3N2O3. The summed E-state index contributed by atoms with van der Waals surface area (Å²) in [7, 11) is 0. The van der Waals surface area contributed by atoms with Gasteiger partial charge in [0.05, 0.1) is 11.7 Å². The van der Waals surface area contributed by atoms with Crippen LogP contribution in [0.5, 0.6) is 0 Å². The number of aromatic nitrogens is 1. The van der Waals surface area contributed by atoms with E-state index in [0.717, 1.165) is 10.6 Å². The quantitative estimate of drug-likeness (QED) is 0.833. The van der Waals surface area contributed by atoms with Gasteiger partial charge in [0.1, 0.15) is 6.54 Å². The third-order valence-corrected chi connectivity index (χ3v) is 3.24. The molecule has 23 heavy (non-hydrogen) atoms. The van der Waals surface area contributed by atoms with Crippen LogP contribution in [0.25, 0.3) is 0 Å². The second-order valence-electron chi connectivity index (χ2n) is 6.38. The summed E-state index contributed by atoms with van der Waals surface area (Å²) < 4.78 is 38.6. The van der Waals surface area contributed by atoms with Crippen LogP contribution in [0, 0.1) is 5.41 Å². The van der Waals surface area contributed by atoms with E-state index in [0.29, 0.717) is 18.7 Å². The first-order chi connectivity index (χ1) is 10.4. The fourth-order valence-electron chi connectivity index (χ4n) is 2.24. The van der Waals surface area contributed by atoms with Crippen LogP contribution in [0.3, 0.4) is 0 Å². The lowest BCUT2D eigenvalue weighted by molar-refractivity contribution is -0.138. The molecule has 0 bridgehead atoms. The maximum atomic E-state index is 12.6. The first-order valence-corrected chi connectivity index (χ1v) is 7.13. The van der Waals surface area contributed by atoms with E-state index >= 15 is 0 Å². The van der Waals surface area contributed by atoms with Crippen LogP contribution in [-0.2, 0) is 17.5 Å². The minimum absolute atomic E-state index is 0.241. The van der Waals surface area contributed by atoms with Crippen LogP contribution in [0.15, 0.2) is 23.1 Å². The Morgan fingerprint density at radius 1 is 1.35 bits per heavy atom. The maximum Gasteiger partial charge on any atom is 0.417 e. The number of carbonyl (C=O) groups excluding carboxylic acids is 1. The molecule has 0 aliphatic rings. The molecule has 2 N–H and O–H groups in total. The van der Waals surface area contributed by atoms with E-state index in [1.807, 2.05) is 13.8 Å². The van der Waals surface area contributed by atoms with Gasteiger partial charge in [0.2, 0.25) is 5.91 Å². The van der Waals surface area contributed by atoms with Gasteiger partial charge in [-0.3, -0.25) is 9.59 Å². The first-order valence-electron chi connectivity index (χ1n) is 7.13.